The minimum atomic E-state index is 0.813. The predicted octanol–water partition coefficient (Wildman–Crippen LogP) is 1.16. The molecule has 0 amide bonds. The Morgan fingerprint density at radius 3 is 2.67 bits per heavy atom. The van der Waals surface area contributed by atoms with Gasteiger partial charge in [0.25, 0.3) is 0 Å². The van der Waals surface area contributed by atoms with Crippen molar-refractivity contribution < 1.29 is 0 Å². The van der Waals surface area contributed by atoms with Gasteiger partial charge in [0, 0.05) is 13.1 Å². The van der Waals surface area contributed by atoms with E-state index >= 15 is 0 Å². The maximum Gasteiger partial charge on any atom is 0.0105 e. The molecular weight excluding hydrogens is 168 g/mol. The van der Waals surface area contributed by atoms with Crippen LogP contribution in [0.1, 0.15) is 19.3 Å². The van der Waals surface area contributed by atoms with Gasteiger partial charge >= 0.3 is 0 Å². The van der Waals surface area contributed by atoms with E-state index < -0.39 is 0 Å². The van der Waals surface area contributed by atoms with Crippen LogP contribution < -0.4 is 5.73 Å². The number of thioether (sulfide) groups is 1. The lowest BCUT2D eigenvalue weighted by Gasteiger charge is -2.19. The van der Waals surface area contributed by atoms with Crippen LogP contribution in [0.4, 0.5) is 0 Å². The highest BCUT2D eigenvalue weighted by atomic mass is 32.2. The third-order valence-corrected chi connectivity index (χ3v) is 3.38. The zero-order valence-corrected chi connectivity index (χ0v) is 8.61. The Morgan fingerprint density at radius 1 is 1.08 bits per heavy atom. The predicted molar refractivity (Wildman–Crippen MR) is 56.7 cm³/mol. The van der Waals surface area contributed by atoms with E-state index in [2.05, 4.69) is 16.7 Å². The number of nitrogens with two attached hydrogens (primary N) is 1. The second-order valence-electron chi connectivity index (χ2n) is 3.30. The molecule has 0 spiro atoms. The first-order valence-corrected chi connectivity index (χ1v) is 6.09. The number of hydrogen-bond acceptors (Lipinski definition) is 3. The number of hydrogen-bond donors (Lipinski definition) is 1. The van der Waals surface area contributed by atoms with Crippen molar-refractivity contribution in [3.05, 3.63) is 0 Å². The van der Waals surface area contributed by atoms with E-state index in [9.17, 15) is 0 Å². The monoisotopic (exact) mass is 188 g/mol. The fourth-order valence-electron chi connectivity index (χ4n) is 1.55. The quantitative estimate of drug-likeness (QED) is 0.705. The van der Waals surface area contributed by atoms with Gasteiger partial charge in [-0.2, -0.15) is 11.8 Å². The van der Waals surface area contributed by atoms with E-state index in [1.165, 1.54) is 43.9 Å². The minimum Gasteiger partial charge on any atom is -0.329 e. The summed E-state index contributed by atoms with van der Waals surface area (Å²) in [5.74, 6) is 2.69. The first-order chi connectivity index (χ1) is 5.93. The fourth-order valence-corrected chi connectivity index (χ4v) is 2.50. The zero-order valence-electron chi connectivity index (χ0n) is 7.80. The third kappa shape index (κ3) is 4.33. The lowest BCUT2D eigenvalue weighted by molar-refractivity contribution is 0.279. The summed E-state index contributed by atoms with van der Waals surface area (Å²) in [6, 6.07) is 0. The van der Waals surface area contributed by atoms with Crippen LogP contribution in [0.5, 0.6) is 0 Å². The van der Waals surface area contributed by atoms with Crippen LogP contribution in [-0.2, 0) is 0 Å². The van der Waals surface area contributed by atoms with Crippen LogP contribution in [0, 0.1) is 0 Å². The van der Waals surface area contributed by atoms with Gasteiger partial charge in [0.1, 0.15) is 0 Å². The molecule has 0 aromatic heterocycles. The van der Waals surface area contributed by atoms with Crippen LogP contribution >= 0.6 is 11.8 Å². The molecule has 1 fully saturated rings. The molecule has 1 aliphatic rings. The maximum atomic E-state index is 5.54. The van der Waals surface area contributed by atoms with E-state index in [-0.39, 0.29) is 0 Å². The van der Waals surface area contributed by atoms with E-state index in [0.29, 0.717) is 0 Å². The molecule has 1 saturated heterocycles. The lowest BCUT2D eigenvalue weighted by Crippen LogP contribution is -2.31. The van der Waals surface area contributed by atoms with Gasteiger partial charge in [-0.25, -0.2) is 0 Å². The normalized spacial score (nSPS) is 22.8. The maximum absolute atomic E-state index is 5.54. The minimum absolute atomic E-state index is 0.813. The summed E-state index contributed by atoms with van der Waals surface area (Å²) in [4.78, 5) is 2.51. The molecule has 0 aliphatic carbocycles. The molecule has 0 saturated carbocycles. The van der Waals surface area contributed by atoms with Crippen LogP contribution in [0.25, 0.3) is 0 Å². The largest absolute Gasteiger partial charge is 0.329 e. The standard InChI is InChI=1S/C9H20N2S/c10-4-7-11-5-1-2-8-12-9-3-6-11/h1-10H2. The first kappa shape index (κ1) is 10.4. The number of rotatable bonds is 2. The van der Waals surface area contributed by atoms with Crippen molar-refractivity contribution in [2.45, 2.75) is 19.3 Å². The summed E-state index contributed by atoms with van der Waals surface area (Å²) >= 11 is 2.10. The smallest absolute Gasteiger partial charge is 0.0105 e. The van der Waals surface area contributed by atoms with Gasteiger partial charge < -0.3 is 10.6 Å². The SMILES string of the molecule is NCCN1CCCCSCCC1. The lowest BCUT2D eigenvalue weighted by atomic mass is 10.3. The summed E-state index contributed by atoms with van der Waals surface area (Å²) in [5.41, 5.74) is 5.54. The molecule has 0 atom stereocenters. The molecule has 12 heavy (non-hydrogen) atoms. The van der Waals surface area contributed by atoms with Crippen molar-refractivity contribution in [1.29, 1.82) is 0 Å². The molecule has 0 aromatic carbocycles. The summed E-state index contributed by atoms with van der Waals surface area (Å²) < 4.78 is 0. The Hall–Kier alpha value is 0.270. The molecule has 1 heterocycles. The van der Waals surface area contributed by atoms with Crippen molar-refractivity contribution in [1.82, 2.24) is 4.90 Å². The Labute approximate surface area is 79.9 Å². The van der Waals surface area contributed by atoms with Gasteiger partial charge in [-0.3, -0.25) is 0 Å². The summed E-state index contributed by atoms with van der Waals surface area (Å²) in [6.45, 7) is 4.42. The average molecular weight is 188 g/mol. The van der Waals surface area contributed by atoms with Crippen LogP contribution in [0.2, 0.25) is 0 Å². The molecule has 2 N–H and O–H groups in total. The van der Waals surface area contributed by atoms with E-state index in [4.69, 9.17) is 5.73 Å². The van der Waals surface area contributed by atoms with Crippen molar-refractivity contribution in [3.8, 4) is 0 Å². The highest BCUT2D eigenvalue weighted by Crippen LogP contribution is 2.10. The highest BCUT2D eigenvalue weighted by Gasteiger charge is 2.05. The molecule has 1 rings (SSSR count). The summed E-state index contributed by atoms with van der Waals surface area (Å²) in [7, 11) is 0. The molecule has 0 bridgehead atoms. The fraction of sp³-hybridized carbons (Fsp3) is 1.00. The Bertz CT molecular complexity index is 98.7. The average Bonchev–Trinajstić information content (AvgIpc) is 2.19. The van der Waals surface area contributed by atoms with E-state index in [1.807, 2.05) is 0 Å². The van der Waals surface area contributed by atoms with Crippen molar-refractivity contribution in [3.63, 3.8) is 0 Å². The molecule has 3 heteroatoms. The highest BCUT2D eigenvalue weighted by molar-refractivity contribution is 7.99. The Kier molecular flexibility index (Phi) is 5.82. The van der Waals surface area contributed by atoms with E-state index in [0.717, 1.165) is 13.1 Å². The van der Waals surface area contributed by atoms with Crippen LogP contribution in [0.15, 0.2) is 0 Å². The van der Waals surface area contributed by atoms with Gasteiger partial charge in [-0.1, -0.05) is 0 Å². The molecular formula is C9H20N2S. The van der Waals surface area contributed by atoms with Gasteiger partial charge in [0.05, 0.1) is 0 Å². The van der Waals surface area contributed by atoms with Gasteiger partial charge in [-0.15, -0.1) is 0 Å². The molecule has 2 nitrogen and oxygen atoms in total. The van der Waals surface area contributed by atoms with Gasteiger partial charge in [0.15, 0.2) is 0 Å². The zero-order chi connectivity index (χ0) is 8.65. The molecule has 1 aliphatic heterocycles. The van der Waals surface area contributed by atoms with Crippen molar-refractivity contribution in [2.75, 3.05) is 37.7 Å². The Morgan fingerprint density at radius 2 is 1.83 bits per heavy atom. The van der Waals surface area contributed by atoms with Gasteiger partial charge in [0.2, 0.25) is 0 Å². The summed E-state index contributed by atoms with van der Waals surface area (Å²) in [5, 5.41) is 0. The second-order valence-corrected chi connectivity index (χ2v) is 4.53. The van der Waals surface area contributed by atoms with Gasteiger partial charge in [-0.05, 0) is 43.9 Å². The van der Waals surface area contributed by atoms with Crippen LogP contribution in [0.3, 0.4) is 0 Å². The Balaban J connectivity index is 2.19. The molecule has 0 unspecified atom stereocenters. The molecule has 0 radical (unpaired) electrons. The summed E-state index contributed by atoms with van der Waals surface area (Å²) in [6.07, 6.45) is 4.07. The van der Waals surface area contributed by atoms with Crippen LogP contribution in [-0.4, -0.2) is 42.6 Å². The third-order valence-electron chi connectivity index (χ3n) is 2.22. The second kappa shape index (κ2) is 6.75. The van der Waals surface area contributed by atoms with Crippen molar-refractivity contribution in [2.24, 2.45) is 5.73 Å². The van der Waals surface area contributed by atoms with E-state index in [1.54, 1.807) is 0 Å². The van der Waals surface area contributed by atoms with Crippen molar-refractivity contribution >= 4 is 11.8 Å². The number of nitrogens with zero attached hydrogens (tertiary/aromatic N) is 1. The molecule has 0 aromatic rings. The topological polar surface area (TPSA) is 29.3 Å². The molecule has 72 valence electrons. The first-order valence-electron chi connectivity index (χ1n) is 4.93.